The van der Waals surface area contributed by atoms with Gasteiger partial charge in [-0.25, -0.2) is 4.98 Å². The number of fused-ring (bicyclic) bond motifs is 1. The summed E-state index contributed by atoms with van der Waals surface area (Å²) in [4.78, 5) is 32.0. The summed E-state index contributed by atoms with van der Waals surface area (Å²) in [6.07, 6.45) is 5.99. The molecule has 26 heavy (non-hydrogen) atoms. The predicted molar refractivity (Wildman–Crippen MR) is 104 cm³/mol. The summed E-state index contributed by atoms with van der Waals surface area (Å²) < 4.78 is 0. The third-order valence-corrected chi connectivity index (χ3v) is 6.39. The predicted octanol–water partition coefficient (Wildman–Crippen LogP) is 4.04. The summed E-state index contributed by atoms with van der Waals surface area (Å²) in [6.45, 7) is 2.99. The number of nitrogens with zero attached hydrogens (tertiary/aromatic N) is 2. The first-order valence-electron chi connectivity index (χ1n) is 9.34. The molecule has 2 aliphatic rings. The fourth-order valence-corrected chi connectivity index (χ4v) is 4.85. The van der Waals surface area contributed by atoms with Gasteiger partial charge in [-0.2, -0.15) is 0 Å². The smallest absolute Gasteiger partial charge is 0.257 e. The van der Waals surface area contributed by atoms with Crippen molar-refractivity contribution >= 4 is 34.0 Å². The lowest BCUT2D eigenvalue weighted by molar-refractivity contribution is -0.117. The number of rotatable bonds is 4. The minimum absolute atomic E-state index is 0.151. The van der Waals surface area contributed by atoms with Crippen molar-refractivity contribution < 1.29 is 9.59 Å². The molecule has 2 heterocycles. The third-order valence-electron chi connectivity index (χ3n) is 5.35. The Balaban J connectivity index is 1.44. The molecular weight excluding hydrogens is 346 g/mol. The molecule has 2 aromatic rings. The molecule has 0 bridgehead atoms. The van der Waals surface area contributed by atoms with Crippen molar-refractivity contribution in [3.05, 3.63) is 40.4 Å². The van der Waals surface area contributed by atoms with Gasteiger partial charge >= 0.3 is 0 Å². The van der Waals surface area contributed by atoms with E-state index in [1.165, 1.54) is 17.7 Å². The van der Waals surface area contributed by atoms with Crippen molar-refractivity contribution in [2.45, 2.75) is 45.4 Å². The van der Waals surface area contributed by atoms with Crippen LogP contribution in [0.5, 0.6) is 0 Å². The summed E-state index contributed by atoms with van der Waals surface area (Å²) in [7, 11) is 0. The standard InChI is InChI=1S/C20H23N3O2S/c1-2-13-5-10-16-17(12-13)26-20(21-16)22-19(25)14-6-8-15(9-7-14)23-11-3-4-18(23)24/h6-9,13H,2-5,10-12H2,1H3,(H,21,22,25). The van der Waals surface area contributed by atoms with Crippen LogP contribution in [-0.4, -0.2) is 23.3 Å². The van der Waals surface area contributed by atoms with Crippen LogP contribution in [0.3, 0.4) is 0 Å². The molecule has 1 saturated heterocycles. The van der Waals surface area contributed by atoms with E-state index >= 15 is 0 Å². The average molecular weight is 369 g/mol. The zero-order chi connectivity index (χ0) is 18.1. The summed E-state index contributed by atoms with van der Waals surface area (Å²) >= 11 is 1.61. The lowest BCUT2D eigenvalue weighted by Gasteiger charge is -2.18. The molecule has 2 amide bonds. The first-order chi connectivity index (χ1) is 12.6. The van der Waals surface area contributed by atoms with Crippen LogP contribution >= 0.6 is 11.3 Å². The number of hydrogen-bond donors (Lipinski definition) is 1. The topological polar surface area (TPSA) is 62.3 Å². The van der Waals surface area contributed by atoms with Gasteiger partial charge in [0, 0.05) is 29.1 Å². The zero-order valence-corrected chi connectivity index (χ0v) is 15.8. The third kappa shape index (κ3) is 3.38. The van der Waals surface area contributed by atoms with E-state index in [-0.39, 0.29) is 11.8 Å². The highest BCUT2D eigenvalue weighted by molar-refractivity contribution is 7.15. The van der Waals surface area contributed by atoms with Crippen LogP contribution in [0.2, 0.25) is 0 Å². The second-order valence-electron chi connectivity index (χ2n) is 7.06. The van der Waals surface area contributed by atoms with Crippen molar-refractivity contribution in [1.82, 2.24) is 4.98 Å². The Morgan fingerprint density at radius 3 is 2.81 bits per heavy atom. The van der Waals surface area contributed by atoms with Gasteiger partial charge in [0.15, 0.2) is 5.13 Å². The molecular formula is C20H23N3O2S. The van der Waals surface area contributed by atoms with Crippen LogP contribution < -0.4 is 10.2 Å². The molecule has 6 heteroatoms. The van der Waals surface area contributed by atoms with E-state index in [1.54, 1.807) is 28.4 Å². The number of aryl methyl sites for hydroxylation is 1. The molecule has 1 aromatic heterocycles. The zero-order valence-electron chi connectivity index (χ0n) is 15.0. The first-order valence-corrected chi connectivity index (χ1v) is 10.2. The van der Waals surface area contributed by atoms with Gasteiger partial charge < -0.3 is 4.90 Å². The van der Waals surface area contributed by atoms with Crippen LogP contribution in [0.1, 0.15) is 53.5 Å². The summed E-state index contributed by atoms with van der Waals surface area (Å²) in [5.41, 5.74) is 2.59. The second-order valence-corrected chi connectivity index (χ2v) is 8.14. The number of carbonyl (C=O) groups excluding carboxylic acids is 2. The number of benzene rings is 1. The largest absolute Gasteiger partial charge is 0.312 e. The Morgan fingerprint density at radius 1 is 1.31 bits per heavy atom. The molecule has 0 spiro atoms. The molecule has 5 nitrogen and oxygen atoms in total. The van der Waals surface area contributed by atoms with Crippen molar-refractivity contribution in [1.29, 1.82) is 0 Å². The van der Waals surface area contributed by atoms with E-state index in [2.05, 4.69) is 17.2 Å². The first kappa shape index (κ1) is 17.2. The van der Waals surface area contributed by atoms with Gasteiger partial charge in [0.25, 0.3) is 5.91 Å². The van der Waals surface area contributed by atoms with Gasteiger partial charge in [0.1, 0.15) is 0 Å². The Morgan fingerprint density at radius 2 is 2.12 bits per heavy atom. The highest BCUT2D eigenvalue weighted by Crippen LogP contribution is 2.33. The number of nitrogens with one attached hydrogen (secondary N) is 1. The summed E-state index contributed by atoms with van der Waals surface area (Å²) in [6, 6.07) is 7.24. The molecule has 136 valence electrons. The van der Waals surface area contributed by atoms with E-state index in [0.717, 1.165) is 43.1 Å². The number of aromatic nitrogens is 1. The van der Waals surface area contributed by atoms with E-state index in [4.69, 9.17) is 0 Å². The molecule has 1 aliphatic carbocycles. The SMILES string of the molecule is CCC1CCc2nc(NC(=O)c3ccc(N4CCCC4=O)cc3)sc2C1. The van der Waals surface area contributed by atoms with Crippen molar-refractivity contribution in [2.75, 3.05) is 16.8 Å². The monoisotopic (exact) mass is 369 g/mol. The Hall–Kier alpha value is -2.21. The molecule has 0 radical (unpaired) electrons. The van der Waals surface area contributed by atoms with E-state index in [0.29, 0.717) is 17.1 Å². The van der Waals surface area contributed by atoms with Crippen molar-refractivity contribution in [3.63, 3.8) is 0 Å². The molecule has 4 rings (SSSR count). The number of carbonyl (C=O) groups is 2. The highest BCUT2D eigenvalue weighted by Gasteiger charge is 2.23. The molecule has 1 aliphatic heterocycles. The van der Waals surface area contributed by atoms with Gasteiger partial charge in [-0.15, -0.1) is 11.3 Å². The Kier molecular flexibility index (Phi) is 4.76. The van der Waals surface area contributed by atoms with E-state index < -0.39 is 0 Å². The van der Waals surface area contributed by atoms with E-state index in [1.807, 2.05) is 12.1 Å². The second kappa shape index (κ2) is 7.19. The maximum Gasteiger partial charge on any atom is 0.257 e. The molecule has 1 N–H and O–H groups in total. The lowest BCUT2D eigenvalue weighted by atomic mass is 9.89. The van der Waals surface area contributed by atoms with Crippen LogP contribution in [0.15, 0.2) is 24.3 Å². The maximum absolute atomic E-state index is 12.5. The quantitative estimate of drug-likeness (QED) is 0.885. The van der Waals surface area contributed by atoms with Crippen molar-refractivity contribution in [3.8, 4) is 0 Å². The fraction of sp³-hybridized carbons (Fsp3) is 0.450. The molecule has 1 unspecified atom stereocenters. The fourth-order valence-electron chi connectivity index (χ4n) is 3.73. The minimum Gasteiger partial charge on any atom is -0.312 e. The van der Waals surface area contributed by atoms with Gasteiger partial charge in [0.2, 0.25) is 5.91 Å². The number of amides is 2. The number of anilines is 2. The van der Waals surface area contributed by atoms with Crippen LogP contribution in [0.25, 0.3) is 0 Å². The summed E-state index contributed by atoms with van der Waals surface area (Å²) in [5, 5.41) is 3.62. The molecule has 0 saturated carbocycles. The van der Waals surface area contributed by atoms with Gasteiger partial charge in [-0.05, 0) is 55.9 Å². The number of hydrogen-bond acceptors (Lipinski definition) is 4. The Labute approximate surface area is 157 Å². The van der Waals surface area contributed by atoms with E-state index in [9.17, 15) is 9.59 Å². The molecule has 1 aromatic carbocycles. The minimum atomic E-state index is -0.151. The molecule has 1 fully saturated rings. The highest BCUT2D eigenvalue weighted by atomic mass is 32.1. The normalized spacial score (nSPS) is 19.5. The summed E-state index contributed by atoms with van der Waals surface area (Å²) in [5.74, 6) is 0.746. The Bertz CT molecular complexity index is 828. The average Bonchev–Trinajstić information content (AvgIpc) is 3.26. The number of thiazole rings is 1. The lowest BCUT2D eigenvalue weighted by Crippen LogP contribution is -2.23. The van der Waals surface area contributed by atoms with Gasteiger partial charge in [-0.1, -0.05) is 13.3 Å². The van der Waals surface area contributed by atoms with Crippen LogP contribution in [0, 0.1) is 5.92 Å². The van der Waals surface area contributed by atoms with Gasteiger partial charge in [0.05, 0.1) is 5.69 Å². The van der Waals surface area contributed by atoms with Gasteiger partial charge in [-0.3, -0.25) is 14.9 Å². The van der Waals surface area contributed by atoms with Crippen LogP contribution in [0.4, 0.5) is 10.8 Å². The van der Waals surface area contributed by atoms with Crippen molar-refractivity contribution in [2.24, 2.45) is 5.92 Å². The maximum atomic E-state index is 12.5. The molecule has 1 atom stereocenters. The van der Waals surface area contributed by atoms with Crippen LogP contribution in [-0.2, 0) is 17.6 Å².